The van der Waals surface area contributed by atoms with Crippen molar-refractivity contribution in [2.75, 3.05) is 31.2 Å². The number of aliphatic hydroxyl groups excluding tert-OH is 2. The Morgan fingerprint density at radius 1 is 0.900 bits per heavy atom. The van der Waals surface area contributed by atoms with Crippen LogP contribution >= 0.6 is 0 Å². The molecule has 3 rings (SSSR count). The van der Waals surface area contributed by atoms with E-state index >= 15 is 0 Å². The molecule has 0 aliphatic heterocycles. The van der Waals surface area contributed by atoms with Crippen molar-refractivity contribution >= 4 is 17.2 Å². The number of aliphatic hydroxyl groups is 2. The van der Waals surface area contributed by atoms with Crippen molar-refractivity contribution in [3.8, 4) is 0 Å². The van der Waals surface area contributed by atoms with Crippen LogP contribution in [-0.2, 0) is 19.6 Å². The maximum absolute atomic E-state index is 9.19. The predicted molar refractivity (Wildman–Crippen MR) is 116 cm³/mol. The standard InChI is InChI=1S/C22H31N6O2/c1-2-10-27-14-15-28(27)13-12-26-11-4-3-5-22(26)24-23-20-6-8-21(9-7-20)25(16-18-29)17-19-30/h3-9,11,14-15,29-30H,2,10,12-13,16-19H2,1H3/q+1. The zero-order chi connectivity index (χ0) is 21.2. The molecule has 160 valence electrons. The Bertz CT molecular complexity index is 910. The molecule has 30 heavy (non-hydrogen) atoms. The zero-order valence-electron chi connectivity index (χ0n) is 17.5. The van der Waals surface area contributed by atoms with Crippen LogP contribution in [0.2, 0.25) is 0 Å². The molecule has 2 heterocycles. The topological polar surface area (TPSA) is 82.2 Å². The summed E-state index contributed by atoms with van der Waals surface area (Å²) in [4.78, 5) is 1.93. The molecule has 0 aliphatic carbocycles. The van der Waals surface area contributed by atoms with Crippen LogP contribution in [0.25, 0.3) is 0 Å². The number of anilines is 1. The van der Waals surface area contributed by atoms with Crippen LogP contribution in [0.1, 0.15) is 13.3 Å². The predicted octanol–water partition coefficient (Wildman–Crippen LogP) is 2.89. The molecular weight excluding hydrogens is 380 g/mol. The van der Waals surface area contributed by atoms with E-state index in [-0.39, 0.29) is 13.2 Å². The van der Waals surface area contributed by atoms with E-state index in [0.717, 1.165) is 43.2 Å². The van der Waals surface area contributed by atoms with Crippen molar-refractivity contribution < 1.29 is 14.8 Å². The van der Waals surface area contributed by atoms with Gasteiger partial charge in [0.05, 0.1) is 31.1 Å². The zero-order valence-corrected chi connectivity index (χ0v) is 17.5. The second kappa shape index (κ2) is 11.3. The van der Waals surface area contributed by atoms with E-state index in [0.29, 0.717) is 13.1 Å². The lowest BCUT2D eigenvalue weighted by atomic mass is 10.2. The molecule has 0 amide bonds. The van der Waals surface area contributed by atoms with Crippen LogP contribution in [0.5, 0.6) is 0 Å². The Kier molecular flexibility index (Phi) is 8.17. The Morgan fingerprint density at radius 3 is 2.23 bits per heavy atom. The van der Waals surface area contributed by atoms with Gasteiger partial charge >= 0.3 is 5.82 Å². The van der Waals surface area contributed by atoms with Gasteiger partial charge in [-0.2, -0.15) is 0 Å². The molecule has 0 bridgehead atoms. The highest BCUT2D eigenvalue weighted by molar-refractivity contribution is 5.52. The molecule has 2 N–H and O–H groups in total. The van der Waals surface area contributed by atoms with Gasteiger partial charge in [0.1, 0.15) is 12.2 Å². The third kappa shape index (κ3) is 5.77. The van der Waals surface area contributed by atoms with Crippen molar-refractivity contribution in [2.24, 2.45) is 10.2 Å². The van der Waals surface area contributed by atoms with Crippen LogP contribution < -0.4 is 9.47 Å². The average molecular weight is 412 g/mol. The van der Waals surface area contributed by atoms with Crippen LogP contribution in [0.3, 0.4) is 0 Å². The van der Waals surface area contributed by atoms with Crippen molar-refractivity contribution in [2.45, 2.75) is 33.0 Å². The van der Waals surface area contributed by atoms with Crippen molar-refractivity contribution in [1.82, 2.24) is 9.36 Å². The van der Waals surface area contributed by atoms with E-state index < -0.39 is 0 Å². The maximum Gasteiger partial charge on any atom is 0.350 e. The van der Waals surface area contributed by atoms with E-state index in [1.54, 1.807) is 0 Å². The van der Waals surface area contributed by atoms with Gasteiger partial charge in [0.2, 0.25) is 0 Å². The molecule has 3 aromatic rings. The Labute approximate surface area is 177 Å². The fourth-order valence-electron chi connectivity index (χ4n) is 3.30. The Morgan fingerprint density at radius 2 is 1.60 bits per heavy atom. The molecule has 0 radical (unpaired) electrons. The molecule has 2 aromatic heterocycles. The normalized spacial score (nSPS) is 11.4. The van der Waals surface area contributed by atoms with Gasteiger partial charge in [-0.3, -0.25) is 9.36 Å². The van der Waals surface area contributed by atoms with Gasteiger partial charge in [-0.05, 0) is 41.9 Å². The fraction of sp³-hybridized carbons (Fsp3) is 0.409. The molecule has 0 spiro atoms. The number of aromatic nitrogens is 3. The minimum absolute atomic E-state index is 0.0406. The van der Waals surface area contributed by atoms with Crippen LogP contribution in [-0.4, -0.2) is 45.9 Å². The summed E-state index contributed by atoms with van der Waals surface area (Å²) in [6, 6.07) is 13.6. The minimum Gasteiger partial charge on any atom is -0.395 e. The first-order valence-electron chi connectivity index (χ1n) is 10.4. The van der Waals surface area contributed by atoms with Gasteiger partial charge in [0.25, 0.3) is 0 Å². The SMILES string of the molecule is CCCn1ccn1CC[n+]1ccccc1N=Nc1ccc(N(CCO)CCO)cc1. The number of rotatable bonds is 12. The molecular formula is C22H31N6O2+. The van der Waals surface area contributed by atoms with Crippen LogP contribution in [0.15, 0.2) is 71.3 Å². The van der Waals surface area contributed by atoms with Gasteiger partial charge in [-0.25, -0.2) is 4.57 Å². The Balaban J connectivity index is 1.65. The van der Waals surface area contributed by atoms with Gasteiger partial charge in [-0.1, -0.05) is 13.0 Å². The lowest BCUT2D eigenvalue weighted by molar-refractivity contribution is -0.686. The molecule has 0 atom stereocenters. The number of nitrogens with zero attached hydrogens (tertiary/aromatic N) is 6. The van der Waals surface area contributed by atoms with Crippen molar-refractivity contribution in [1.29, 1.82) is 0 Å². The molecule has 0 saturated heterocycles. The average Bonchev–Trinajstić information content (AvgIpc) is 2.76. The molecule has 0 aliphatic rings. The summed E-state index contributed by atoms with van der Waals surface area (Å²) in [6.07, 6.45) is 7.34. The van der Waals surface area contributed by atoms with Crippen LogP contribution in [0, 0.1) is 0 Å². The largest absolute Gasteiger partial charge is 0.395 e. The summed E-state index contributed by atoms with van der Waals surface area (Å²) >= 11 is 0. The third-order valence-electron chi connectivity index (χ3n) is 4.90. The lowest BCUT2D eigenvalue weighted by Crippen LogP contribution is -2.37. The molecule has 8 heteroatoms. The van der Waals surface area contributed by atoms with Gasteiger partial charge < -0.3 is 15.1 Å². The van der Waals surface area contributed by atoms with E-state index in [2.05, 4.69) is 43.5 Å². The van der Waals surface area contributed by atoms with Crippen molar-refractivity contribution in [3.63, 3.8) is 0 Å². The molecule has 0 unspecified atom stereocenters. The van der Waals surface area contributed by atoms with Gasteiger partial charge in [0.15, 0.2) is 0 Å². The summed E-state index contributed by atoms with van der Waals surface area (Å²) in [5.74, 6) is 0.801. The minimum atomic E-state index is 0.0406. The summed E-state index contributed by atoms with van der Waals surface area (Å²) in [5, 5.41) is 27.2. The molecule has 8 nitrogen and oxygen atoms in total. The second-order valence-electron chi connectivity index (χ2n) is 7.03. The second-order valence-corrected chi connectivity index (χ2v) is 7.03. The Hall–Kier alpha value is -2.97. The quantitative estimate of drug-likeness (QED) is 0.355. The monoisotopic (exact) mass is 411 g/mol. The molecule has 0 saturated carbocycles. The number of pyridine rings is 1. The van der Waals surface area contributed by atoms with E-state index in [1.165, 1.54) is 0 Å². The van der Waals surface area contributed by atoms with Crippen molar-refractivity contribution in [3.05, 3.63) is 61.1 Å². The highest BCUT2D eigenvalue weighted by atomic mass is 16.3. The van der Waals surface area contributed by atoms with Crippen LogP contribution in [0.4, 0.5) is 17.2 Å². The first kappa shape index (κ1) is 21.7. The van der Waals surface area contributed by atoms with E-state index in [4.69, 9.17) is 0 Å². The fourth-order valence-corrected chi connectivity index (χ4v) is 3.30. The van der Waals surface area contributed by atoms with E-state index in [1.807, 2.05) is 53.6 Å². The summed E-state index contributed by atoms with van der Waals surface area (Å²) in [6.45, 7) is 5.95. The summed E-state index contributed by atoms with van der Waals surface area (Å²) < 4.78 is 6.54. The number of aryl methyl sites for hydroxylation is 3. The maximum atomic E-state index is 9.19. The smallest absolute Gasteiger partial charge is 0.350 e. The molecule has 0 fully saturated rings. The number of benzene rings is 1. The van der Waals surface area contributed by atoms with Gasteiger partial charge in [0, 0.05) is 43.8 Å². The first-order chi connectivity index (χ1) is 14.7. The molecule has 1 aromatic carbocycles. The first-order valence-corrected chi connectivity index (χ1v) is 10.4. The highest BCUT2D eigenvalue weighted by Crippen LogP contribution is 2.21. The number of hydrogen-bond donors (Lipinski definition) is 2. The summed E-state index contributed by atoms with van der Waals surface area (Å²) in [7, 11) is 0. The highest BCUT2D eigenvalue weighted by Gasteiger charge is 2.11. The van der Waals surface area contributed by atoms with E-state index in [9.17, 15) is 10.2 Å². The van der Waals surface area contributed by atoms with Gasteiger partial charge in [-0.15, -0.1) is 0 Å². The third-order valence-corrected chi connectivity index (χ3v) is 4.90. The number of azo groups is 1. The lowest BCUT2D eigenvalue weighted by Gasteiger charge is -2.22. The number of hydrogen-bond acceptors (Lipinski definition) is 5. The summed E-state index contributed by atoms with van der Waals surface area (Å²) in [5.41, 5.74) is 1.69.